The first-order valence-electron chi connectivity index (χ1n) is 16.5. The fraction of sp³-hybridized carbons (Fsp3) is 0.474. The Kier molecular flexibility index (Phi) is 8.30. The summed E-state index contributed by atoms with van der Waals surface area (Å²) in [6.07, 6.45) is 1.80. The standard InChI is InChI=1S/C38H47N5O3/c1-23-31(33(42-19-16-38(7,8)17-20-42)32(24(2)39-23)34(36(44)45)46-37(4,5)6)27-13-14-28-22-43(18-15-26(28)21-27)35-25(3)40-29-11-9-10-12-30(29)41-35/h9-14,21,34H,15-20,22H2,1-8H3,(H,44,45). The number of aryl methyl sites for hydroxylation is 3. The van der Waals surface area contributed by atoms with Gasteiger partial charge in [-0.2, -0.15) is 0 Å². The first kappa shape index (κ1) is 31.9. The van der Waals surface area contributed by atoms with E-state index in [2.05, 4.69) is 41.8 Å². The van der Waals surface area contributed by atoms with Gasteiger partial charge in [-0.05, 0) is 95.0 Å². The highest BCUT2D eigenvalue weighted by molar-refractivity contribution is 5.88. The van der Waals surface area contributed by atoms with Gasteiger partial charge in [0.25, 0.3) is 0 Å². The lowest BCUT2D eigenvalue weighted by molar-refractivity contribution is -0.160. The van der Waals surface area contributed by atoms with Crippen molar-refractivity contribution in [2.45, 2.75) is 92.9 Å². The molecule has 0 saturated carbocycles. The maximum Gasteiger partial charge on any atom is 0.337 e. The number of carboxylic acids is 1. The maximum atomic E-state index is 12.9. The van der Waals surface area contributed by atoms with E-state index in [-0.39, 0.29) is 5.41 Å². The van der Waals surface area contributed by atoms with Crippen LogP contribution in [0.1, 0.15) is 87.3 Å². The van der Waals surface area contributed by atoms with Gasteiger partial charge in [0, 0.05) is 48.7 Å². The molecule has 2 aromatic heterocycles. The van der Waals surface area contributed by atoms with Gasteiger partial charge in [-0.1, -0.05) is 44.2 Å². The van der Waals surface area contributed by atoms with Gasteiger partial charge in [0.15, 0.2) is 11.9 Å². The smallest absolute Gasteiger partial charge is 0.337 e. The van der Waals surface area contributed by atoms with Crippen LogP contribution in [0.4, 0.5) is 11.5 Å². The summed E-state index contributed by atoms with van der Waals surface area (Å²) in [4.78, 5) is 32.4. The Morgan fingerprint density at radius 3 is 2.20 bits per heavy atom. The number of rotatable bonds is 6. The Balaban J connectivity index is 1.43. The number of ether oxygens (including phenoxy) is 1. The molecule has 0 aliphatic carbocycles. The van der Waals surface area contributed by atoms with Crippen LogP contribution in [0.2, 0.25) is 0 Å². The van der Waals surface area contributed by atoms with Gasteiger partial charge >= 0.3 is 5.97 Å². The monoisotopic (exact) mass is 621 g/mol. The Labute approximate surface area is 272 Å². The summed E-state index contributed by atoms with van der Waals surface area (Å²) >= 11 is 0. The number of pyridine rings is 1. The molecule has 4 aromatic rings. The second kappa shape index (κ2) is 12.0. The average molecular weight is 622 g/mol. The molecule has 0 radical (unpaired) electrons. The van der Waals surface area contributed by atoms with E-state index in [0.717, 1.165) is 90.5 Å². The number of hydrogen-bond donors (Lipinski definition) is 1. The zero-order valence-electron chi connectivity index (χ0n) is 28.6. The molecule has 242 valence electrons. The molecule has 0 amide bonds. The van der Waals surface area contributed by atoms with Crippen molar-refractivity contribution in [2.24, 2.45) is 5.41 Å². The normalized spacial score (nSPS) is 17.2. The molecule has 1 N–H and O–H groups in total. The lowest BCUT2D eigenvalue weighted by Gasteiger charge is -2.41. The van der Waals surface area contributed by atoms with Gasteiger partial charge < -0.3 is 19.6 Å². The van der Waals surface area contributed by atoms with Gasteiger partial charge in [-0.3, -0.25) is 4.98 Å². The number of nitrogens with zero attached hydrogens (tertiary/aromatic N) is 5. The van der Waals surface area contributed by atoms with Crippen LogP contribution in [0.25, 0.3) is 22.2 Å². The van der Waals surface area contributed by atoms with Crippen molar-refractivity contribution in [3.05, 3.63) is 76.2 Å². The average Bonchev–Trinajstić information content (AvgIpc) is 2.98. The highest BCUT2D eigenvalue weighted by Gasteiger charge is 2.36. The summed E-state index contributed by atoms with van der Waals surface area (Å²) in [6.45, 7) is 19.7. The van der Waals surface area contributed by atoms with E-state index < -0.39 is 17.7 Å². The van der Waals surface area contributed by atoms with Crippen molar-refractivity contribution < 1.29 is 14.6 Å². The Hall–Kier alpha value is -4.04. The molecule has 1 unspecified atom stereocenters. The minimum atomic E-state index is -1.13. The van der Waals surface area contributed by atoms with Crippen LogP contribution in [0.5, 0.6) is 0 Å². The van der Waals surface area contributed by atoms with E-state index in [9.17, 15) is 9.90 Å². The number of fused-ring (bicyclic) bond motifs is 2. The maximum absolute atomic E-state index is 12.9. The summed E-state index contributed by atoms with van der Waals surface area (Å²) in [7, 11) is 0. The van der Waals surface area contributed by atoms with Crippen molar-refractivity contribution >= 4 is 28.5 Å². The minimum Gasteiger partial charge on any atom is -0.479 e. The number of anilines is 2. The summed E-state index contributed by atoms with van der Waals surface area (Å²) in [6, 6.07) is 14.7. The van der Waals surface area contributed by atoms with Crippen LogP contribution in [0.15, 0.2) is 42.5 Å². The number of hydrogen-bond acceptors (Lipinski definition) is 7. The summed E-state index contributed by atoms with van der Waals surface area (Å²) in [5.74, 6) is -0.0589. The third-order valence-electron chi connectivity index (χ3n) is 9.50. The molecule has 1 fully saturated rings. The molecule has 2 aliphatic heterocycles. The van der Waals surface area contributed by atoms with Crippen LogP contribution < -0.4 is 9.80 Å². The van der Waals surface area contributed by atoms with Crippen LogP contribution in [-0.4, -0.2) is 51.3 Å². The lowest BCUT2D eigenvalue weighted by atomic mass is 9.81. The molecular formula is C38H47N5O3. The van der Waals surface area contributed by atoms with Gasteiger partial charge in [0.05, 0.1) is 28.0 Å². The molecule has 46 heavy (non-hydrogen) atoms. The Morgan fingerprint density at radius 2 is 1.54 bits per heavy atom. The first-order chi connectivity index (χ1) is 21.7. The fourth-order valence-corrected chi connectivity index (χ4v) is 7.02. The van der Waals surface area contributed by atoms with E-state index in [1.165, 1.54) is 11.1 Å². The molecule has 1 atom stereocenters. The minimum absolute atomic E-state index is 0.244. The largest absolute Gasteiger partial charge is 0.479 e. The third kappa shape index (κ3) is 6.32. The predicted octanol–water partition coefficient (Wildman–Crippen LogP) is 7.75. The van der Waals surface area contributed by atoms with Crippen LogP contribution in [0, 0.1) is 26.2 Å². The number of para-hydroxylation sites is 2. The molecule has 0 spiro atoms. The van der Waals surface area contributed by atoms with Crippen molar-refractivity contribution in [1.29, 1.82) is 0 Å². The zero-order chi connectivity index (χ0) is 33.0. The van der Waals surface area contributed by atoms with Crippen molar-refractivity contribution in [3.63, 3.8) is 0 Å². The number of aromatic nitrogens is 3. The molecule has 6 rings (SSSR count). The highest BCUT2D eigenvalue weighted by Crippen LogP contribution is 2.45. The van der Waals surface area contributed by atoms with Crippen LogP contribution in [-0.2, 0) is 22.5 Å². The number of carboxylic acid groups (broad SMARTS) is 1. The van der Waals surface area contributed by atoms with E-state index in [0.29, 0.717) is 11.3 Å². The Morgan fingerprint density at radius 1 is 0.870 bits per heavy atom. The number of aliphatic carboxylic acids is 1. The second-order valence-corrected chi connectivity index (χ2v) is 14.8. The molecular weight excluding hydrogens is 574 g/mol. The lowest BCUT2D eigenvalue weighted by Crippen LogP contribution is -2.39. The van der Waals surface area contributed by atoms with Crippen LogP contribution >= 0.6 is 0 Å². The van der Waals surface area contributed by atoms with Crippen molar-refractivity contribution in [2.75, 3.05) is 29.4 Å². The highest BCUT2D eigenvalue weighted by atomic mass is 16.5. The quantitative estimate of drug-likeness (QED) is 0.234. The number of carbonyl (C=O) groups is 1. The molecule has 8 heteroatoms. The van der Waals surface area contributed by atoms with E-state index in [1.54, 1.807) is 0 Å². The topological polar surface area (TPSA) is 91.7 Å². The molecule has 2 aromatic carbocycles. The summed E-state index contributed by atoms with van der Waals surface area (Å²) in [5.41, 5.74) is 10.2. The van der Waals surface area contributed by atoms with E-state index in [4.69, 9.17) is 19.7 Å². The van der Waals surface area contributed by atoms with Crippen molar-refractivity contribution in [1.82, 2.24) is 15.0 Å². The van der Waals surface area contributed by atoms with E-state index >= 15 is 0 Å². The predicted molar refractivity (Wildman–Crippen MR) is 185 cm³/mol. The Bertz CT molecular complexity index is 1800. The van der Waals surface area contributed by atoms with Gasteiger partial charge in [0.1, 0.15) is 0 Å². The third-order valence-corrected chi connectivity index (χ3v) is 9.50. The first-order valence-corrected chi connectivity index (χ1v) is 16.5. The molecule has 8 nitrogen and oxygen atoms in total. The molecule has 4 heterocycles. The van der Waals surface area contributed by atoms with Gasteiger partial charge in [-0.15, -0.1) is 0 Å². The molecule has 1 saturated heterocycles. The number of benzene rings is 2. The fourth-order valence-electron chi connectivity index (χ4n) is 7.02. The van der Waals surface area contributed by atoms with Crippen LogP contribution in [0.3, 0.4) is 0 Å². The molecule has 2 aliphatic rings. The van der Waals surface area contributed by atoms with Crippen molar-refractivity contribution in [3.8, 4) is 11.1 Å². The second-order valence-electron chi connectivity index (χ2n) is 14.8. The summed E-state index contributed by atoms with van der Waals surface area (Å²) < 4.78 is 6.27. The zero-order valence-corrected chi connectivity index (χ0v) is 28.6. The number of piperidine rings is 1. The molecule has 0 bridgehead atoms. The van der Waals surface area contributed by atoms with Gasteiger partial charge in [0.2, 0.25) is 0 Å². The van der Waals surface area contributed by atoms with Gasteiger partial charge in [-0.25, -0.2) is 14.8 Å². The SMILES string of the molecule is Cc1nc2ccccc2nc1N1CCc2cc(-c3c(C)nc(C)c(C(OC(C)(C)C)C(=O)O)c3N3CCC(C)(C)CC3)ccc2C1. The van der Waals surface area contributed by atoms with E-state index in [1.807, 2.05) is 65.8 Å². The summed E-state index contributed by atoms with van der Waals surface area (Å²) in [5, 5.41) is 10.5.